The lowest BCUT2D eigenvalue weighted by molar-refractivity contribution is 0.0696. The Hall–Kier alpha value is -3.12. The van der Waals surface area contributed by atoms with Gasteiger partial charge in [0.05, 0.1) is 17.4 Å². The van der Waals surface area contributed by atoms with Gasteiger partial charge in [-0.1, -0.05) is 6.92 Å². The van der Waals surface area contributed by atoms with E-state index in [-0.39, 0.29) is 29.3 Å². The Morgan fingerprint density at radius 1 is 0.967 bits per heavy atom. The lowest BCUT2D eigenvalue weighted by atomic mass is 10.1. The Morgan fingerprint density at radius 3 is 2.03 bits per heavy atom. The van der Waals surface area contributed by atoms with Gasteiger partial charge < -0.3 is 15.5 Å². The maximum absolute atomic E-state index is 11.3. The monoisotopic (exact) mass is 437 g/mol. The highest BCUT2D eigenvalue weighted by atomic mass is 32.2. The number of rotatable bonds is 11. The van der Waals surface area contributed by atoms with Crippen molar-refractivity contribution in [2.75, 3.05) is 18.1 Å². The van der Waals surface area contributed by atoms with Crippen molar-refractivity contribution in [3.63, 3.8) is 0 Å². The Kier molecular flexibility index (Phi) is 7.78. The van der Waals surface area contributed by atoms with Gasteiger partial charge in [0.1, 0.15) is 11.6 Å². The van der Waals surface area contributed by atoms with Crippen LogP contribution in [0.1, 0.15) is 52.1 Å². The first-order valence-corrected chi connectivity index (χ1v) is 11.0. The van der Waals surface area contributed by atoms with E-state index >= 15 is 0 Å². The molecule has 0 aliphatic rings. The molecule has 0 aliphatic carbocycles. The fourth-order valence-corrected chi connectivity index (χ4v) is 3.07. The Labute approximate surface area is 173 Å². The molecule has 0 radical (unpaired) electrons. The van der Waals surface area contributed by atoms with Gasteiger partial charge in [-0.2, -0.15) is 9.97 Å². The van der Waals surface area contributed by atoms with Crippen LogP contribution in [0.4, 0.5) is 11.6 Å². The van der Waals surface area contributed by atoms with Crippen LogP contribution in [0.5, 0.6) is 0 Å². The van der Waals surface area contributed by atoms with E-state index in [2.05, 4.69) is 25.0 Å². The van der Waals surface area contributed by atoms with Crippen molar-refractivity contribution in [3.8, 4) is 0 Å². The van der Waals surface area contributed by atoms with Crippen molar-refractivity contribution in [3.05, 3.63) is 41.0 Å². The maximum atomic E-state index is 11.3. The molecule has 0 spiro atoms. The summed E-state index contributed by atoms with van der Waals surface area (Å²) >= 11 is 0. The van der Waals surface area contributed by atoms with E-state index < -0.39 is 22.0 Å². The first kappa shape index (κ1) is 23.2. The Bertz CT molecular complexity index is 1010. The van der Waals surface area contributed by atoms with Crippen LogP contribution in [0.25, 0.3) is 0 Å². The van der Waals surface area contributed by atoms with Crippen LogP contribution in [0.15, 0.2) is 18.2 Å². The molecule has 0 aliphatic heterocycles. The SMILES string of the molecule is CCCc1nc(CCCNS(C)(=O)=O)nc(Nc2cc(C(=O)O)cc(C(=O)O)c2)n1. The van der Waals surface area contributed by atoms with E-state index in [9.17, 15) is 28.2 Å². The number of anilines is 2. The van der Waals surface area contributed by atoms with E-state index in [1.165, 1.54) is 12.1 Å². The van der Waals surface area contributed by atoms with Gasteiger partial charge in [-0.25, -0.2) is 27.7 Å². The summed E-state index contributed by atoms with van der Waals surface area (Å²) in [6.45, 7) is 2.20. The number of aromatic carboxylic acids is 2. The van der Waals surface area contributed by atoms with Crippen LogP contribution in [0.2, 0.25) is 0 Å². The molecule has 0 saturated carbocycles. The molecule has 0 unspecified atom stereocenters. The lowest BCUT2D eigenvalue weighted by Gasteiger charge is -2.10. The molecule has 4 N–H and O–H groups in total. The van der Waals surface area contributed by atoms with E-state index in [1.54, 1.807) is 0 Å². The second-order valence-corrected chi connectivity index (χ2v) is 8.38. The highest BCUT2D eigenvalue weighted by molar-refractivity contribution is 7.88. The summed E-state index contributed by atoms with van der Waals surface area (Å²) in [5.74, 6) is -1.41. The minimum Gasteiger partial charge on any atom is -0.478 e. The third-order valence-electron chi connectivity index (χ3n) is 3.83. The highest BCUT2D eigenvalue weighted by Crippen LogP contribution is 2.19. The van der Waals surface area contributed by atoms with Crippen LogP contribution in [0, 0.1) is 0 Å². The van der Waals surface area contributed by atoms with Gasteiger partial charge in [0.2, 0.25) is 16.0 Å². The summed E-state index contributed by atoms with van der Waals surface area (Å²) in [5.41, 5.74) is -0.162. The van der Waals surface area contributed by atoms with Crippen molar-refractivity contribution >= 4 is 33.6 Å². The molecule has 30 heavy (non-hydrogen) atoms. The number of aromatic nitrogens is 3. The fraction of sp³-hybridized carbons (Fsp3) is 0.389. The van der Waals surface area contributed by atoms with Crippen LogP contribution in [0.3, 0.4) is 0 Å². The maximum Gasteiger partial charge on any atom is 0.335 e. The zero-order valence-corrected chi connectivity index (χ0v) is 17.4. The van der Waals surface area contributed by atoms with Crippen molar-refractivity contribution < 1.29 is 28.2 Å². The van der Waals surface area contributed by atoms with Crippen LogP contribution < -0.4 is 10.0 Å². The molecule has 0 fully saturated rings. The largest absolute Gasteiger partial charge is 0.478 e. The summed E-state index contributed by atoms with van der Waals surface area (Å²) in [5, 5.41) is 21.3. The molecule has 0 amide bonds. The summed E-state index contributed by atoms with van der Waals surface area (Å²) in [4.78, 5) is 35.5. The summed E-state index contributed by atoms with van der Waals surface area (Å²) < 4.78 is 24.7. The van der Waals surface area contributed by atoms with Crippen molar-refractivity contribution in [2.45, 2.75) is 32.6 Å². The number of hydrogen-bond acceptors (Lipinski definition) is 8. The van der Waals surface area contributed by atoms with Crippen molar-refractivity contribution in [2.24, 2.45) is 0 Å². The van der Waals surface area contributed by atoms with Crippen LogP contribution in [-0.2, 0) is 22.9 Å². The number of nitrogens with one attached hydrogen (secondary N) is 2. The first-order chi connectivity index (χ1) is 14.1. The quantitative estimate of drug-likeness (QED) is 0.377. The molecule has 2 aromatic rings. The Balaban J connectivity index is 2.26. The molecule has 12 heteroatoms. The average molecular weight is 437 g/mol. The van der Waals surface area contributed by atoms with E-state index in [0.29, 0.717) is 30.9 Å². The third kappa shape index (κ3) is 7.37. The number of hydrogen-bond donors (Lipinski definition) is 4. The van der Waals surface area contributed by atoms with Gasteiger partial charge in [-0.15, -0.1) is 0 Å². The second kappa shape index (κ2) is 10.1. The van der Waals surface area contributed by atoms with Crippen molar-refractivity contribution in [1.29, 1.82) is 0 Å². The topological polar surface area (TPSA) is 171 Å². The van der Waals surface area contributed by atoms with E-state index in [1.807, 2.05) is 6.92 Å². The van der Waals surface area contributed by atoms with Gasteiger partial charge in [0, 0.05) is 25.1 Å². The predicted octanol–water partition coefficient (Wildman–Crippen LogP) is 1.45. The van der Waals surface area contributed by atoms with Crippen LogP contribution >= 0.6 is 0 Å². The number of sulfonamides is 1. The van der Waals surface area contributed by atoms with Gasteiger partial charge >= 0.3 is 11.9 Å². The van der Waals surface area contributed by atoms with Crippen molar-refractivity contribution in [1.82, 2.24) is 19.7 Å². The number of nitrogens with zero attached hydrogens (tertiary/aromatic N) is 3. The molecule has 0 atom stereocenters. The molecule has 0 saturated heterocycles. The lowest BCUT2D eigenvalue weighted by Crippen LogP contribution is -2.23. The smallest absolute Gasteiger partial charge is 0.335 e. The van der Waals surface area contributed by atoms with Crippen LogP contribution in [-0.4, -0.2) is 58.3 Å². The number of carboxylic acids is 2. The zero-order valence-electron chi connectivity index (χ0n) is 16.5. The number of carboxylic acid groups (broad SMARTS) is 2. The average Bonchev–Trinajstić information content (AvgIpc) is 2.64. The molecule has 0 bridgehead atoms. The molecule has 162 valence electrons. The molecule has 2 rings (SSSR count). The first-order valence-electron chi connectivity index (χ1n) is 9.14. The second-order valence-electron chi connectivity index (χ2n) is 6.55. The molecule has 1 heterocycles. The number of carbonyl (C=O) groups is 2. The van der Waals surface area contributed by atoms with E-state index in [4.69, 9.17) is 0 Å². The van der Waals surface area contributed by atoms with Gasteiger partial charge in [0.15, 0.2) is 0 Å². The zero-order chi connectivity index (χ0) is 22.3. The van der Waals surface area contributed by atoms with Gasteiger partial charge in [-0.3, -0.25) is 0 Å². The Morgan fingerprint density at radius 2 is 1.53 bits per heavy atom. The summed E-state index contributed by atoms with van der Waals surface area (Å²) in [6.07, 6.45) is 3.32. The summed E-state index contributed by atoms with van der Waals surface area (Å²) in [7, 11) is -3.28. The summed E-state index contributed by atoms with van der Waals surface area (Å²) in [6, 6.07) is 3.63. The highest BCUT2D eigenvalue weighted by Gasteiger charge is 2.13. The standard InChI is InChI=1S/C18H23N5O6S/c1-3-5-14-21-15(6-4-7-19-30(2,28)29)23-18(22-14)20-13-9-11(16(24)25)8-12(10-13)17(26)27/h8-10,19H,3-7H2,1-2H3,(H,24,25)(H,26,27)(H,20,21,22,23). The molecular weight excluding hydrogens is 414 g/mol. The van der Waals surface area contributed by atoms with Gasteiger partial charge in [-0.05, 0) is 31.0 Å². The minimum atomic E-state index is -3.28. The molecule has 1 aromatic carbocycles. The fourth-order valence-electron chi connectivity index (χ4n) is 2.55. The number of aryl methyl sites for hydroxylation is 2. The molecule has 11 nitrogen and oxygen atoms in total. The normalized spacial score (nSPS) is 11.3. The number of benzene rings is 1. The van der Waals surface area contributed by atoms with Gasteiger partial charge in [0.25, 0.3) is 0 Å². The molecule has 1 aromatic heterocycles. The predicted molar refractivity (Wildman–Crippen MR) is 109 cm³/mol. The minimum absolute atomic E-state index is 0.151. The van der Waals surface area contributed by atoms with E-state index in [0.717, 1.165) is 18.7 Å². The third-order valence-corrected chi connectivity index (χ3v) is 4.55. The molecular formula is C18H23N5O6S.